The summed E-state index contributed by atoms with van der Waals surface area (Å²) in [5.74, 6) is -0.600. The number of thiazole rings is 1. The molecule has 0 saturated carbocycles. The number of hydrogen-bond acceptors (Lipinski definition) is 4. The number of hydrogen-bond donors (Lipinski definition) is 1. The Hall–Kier alpha value is -1.90. The molecule has 0 aliphatic rings. The van der Waals surface area contributed by atoms with E-state index in [0.29, 0.717) is 9.81 Å². The second-order valence-corrected chi connectivity index (χ2v) is 5.74. The Morgan fingerprint density at radius 1 is 1.38 bits per heavy atom. The minimum Gasteiger partial charge on any atom is -0.300 e. The van der Waals surface area contributed by atoms with Crippen molar-refractivity contribution < 1.29 is 18.0 Å². The van der Waals surface area contributed by atoms with Crippen LogP contribution in [0.3, 0.4) is 0 Å². The van der Waals surface area contributed by atoms with Gasteiger partial charge in [-0.3, -0.25) is 9.48 Å². The van der Waals surface area contributed by atoms with Crippen LogP contribution in [0.5, 0.6) is 0 Å². The Kier molecular flexibility index (Phi) is 4.04. The fourth-order valence-electron chi connectivity index (χ4n) is 1.72. The molecule has 0 fully saturated rings. The molecule has 5 nitrogen and oxygen atoms in total. The summed E-state index contributed by atoms with van der Waals surface area (Å²) in [6.07, 6.45) is -4.55. The number of carbonyl (C=O) groups is 1. The molecular formula is C12H13F3N4OS. The zero-order valence-electron chi connectivity index (χ0n) is 11.6. The van der Waals surface area contributed by atoms with Gasteiger partial charge in [0.15, 0.2) is 5.13 Å². The smallest absolute Gasteiger partial charge is 0.300 e. The normalized spacial score (nSPS) is 11.7. The number of anilines is 1. The van der Waals surface area contributed by atoms with E-state index in [9.17, 15) is 18.0 Å². The van der Waals surface area contributed by atoms with Crippen molar-refractivity contribution in [1.82, 2.24) is 14.8 Å². The maximum absolute atomic E-state index is 12.8. The number of amides is 1. The van der Waals surface area contributed by atoms with Crippen LogP contribution in [0.4, 0.5) is 18.3 Å². The van der Waals surface area contributed by atoms with Gasteiger partial charge < -0.3 is 5.32 Å². The second-order valence-electron chi connectivity index (χ2n) is 4.54. The Morgan fingerprint density at radius 2 is 2.05 bits per heavy atom. The van der Waals surface area contributed by atoms with Gasteiger partial charge in [-0.2, -0.15) is 18.3 Å². The van der Waals surface area contributed by atoms with Crippen LogP contribution >= 0.6 is 11.3 Å². The summed E-state index contributed by atoms with van der Waals surface area (Å²) in [6, 6.07) is 0.908. The Morgan fingerprint density at radius 3 is 2.57 bits per heavy atom. The second kappa shape index (κ2) is 5.47. The summed E-state index contributed by atoms with van der Waals surface area (Å²) in [7, 11) is 0. The van der Waals surface area contributed by atoms with E-state index in [1.807, 2.05) is 6.92 Å². The van der Waals surface area contributed by atoms with Crippen LogP contribution in [0.2, 0.25) is 0 Å². The third-order valence-corrected chi connectivity index (χ3v) is 3.75. The van der Waals surface area contributed by atoms with Crippen molar-refractivity contribution in [3.05, 3.63) is 28.0 Å². The fraction of sp³-hybridized carbons (Fsp3) is 0.417. The monoisotopic (exact) mass is 318 g/mol. The van der Waals surface area contributed by atoms with Gasteiger partial charge >= 0.3 is 6.18 Å². The van der Waals surface area contributed by atoms with Crippen molar-refractivity contribution in [2.45, 2.75) is 33.5 Å². The van der Waals surface area contributed by atoms with Crippen LogP contribution in [0.1, 0.15) is 22.0 Å². The van der Waals surface area contributed by atoms with Gasteiger partial charge in [-0.1, -0.05) is 0 Å². The standard InChI is InChI=1S/C12H13F3N4OS/c1-6-4-9(12(13,14)15)19(18-6)5-10(20)17-11-16-7(2)8(3)21-11/h4H,5H2,1-3H3,(H,16,17,20). The topological polar surface area (TPSA) is 59.8 Å². The molecule has 2 aromatic rings. The SMILES string of the molecule is Cc1cc(C(F)(F)F)n(CC(=O)Nc2nc(C)c(C)s2)n1. The highest BCUT2D eigenvalue weighted by Crippen LogP contribution is 2.29. The average molecular weight is 318 g/mol. The lowest BCUT2D eigenvalue weighted by Crippen LogP contribution is -2.23. The number of halogens is 3. The van der Waals surface area contributed by atoms with Gasteiger partial charge in [0, 0.05) is 4.88 Å². The number of alkyl halides is 3. The average Bonchev–Trinajstić information content (AvgIpc) is 2.82. The first-order valence-corrected chi connectivity index (χ1v) is 6.84. The van der Waals surface area contributed by atoms with Crippen molar-refractivity contribution in [1.29, 1.82) is 0 Å². The summed E-state index contributed by atoms with van der Waals surface area (Å²) in [4.78, 5) is 16.9. The van der Waals surface area contributed by atoms with Crippen molar-refractivity contribution in [2.75, 3.05) is 5.32 Å². The molecule has 1 N–H and O–H groups in total. The zero-order valence-corrected chi connectivity index (χ0v) is 12.4. The summed E-state index contributed by atoms with van der Waals surface area (Å²) in [5, 5.41) is 6.55. The van der Waals surface area contributed by atoms with Crippen LogP contribution in [-0.2, 0) is 17.5 Å². The molecular weight excluding hydrogens is 305 g/mol. The Balaban J connectivity index is 2.13. The van der Waals surface area contributed by atoms with Crippen LogP contribution in [-0.4, -0.2) is 20.7 Å². The highest BCUT2D eigenvalue weighted by atomic mass is 32.1. The molecule has 0 aliphatic carbocycles. The third-order valence-electron chi connectivity index (χ3n) is 2.76. The van der Waals surface area contributed by atoms with Crippen molar-refractivity contribution in [3.63, 3.8) is 0 Å². The molecule has 0 spiro atoms. The molecule has 21 heavy (non-hydrogen) atoms. The van der Waals surface area contributed by atoms with Crippen LogP contribution in [0.15, 0.2) is 6.07 Å². The minimum atomic E-state index is -4.55. The zero-order chi connectivity index (χ0) is 15.8. The van der Waals surface area contributed by atoms with Crippen LogP contribution in [0, 0.1) is 20.8 Å². The maximum Gasteiger partial charge on any atom is 0.433 e. The predicted molar refractivity (Wildman–Crippen MR) is 72.2 cm³/mol. The molecule has 0 atom stereocenters. The number of carbonyl (C=O) groups excluding carboxylic acids is 1. The summed E-state index contributed by atoms with van der Waals surface area (Å²) in [5.41, 5.74) is 0.0407. The van der Waals surface area contributed by atoms with E-state index in [4.69, 9.17) is 0 Å². The highest BCUT2D eigenvalue weighted by Gasteiger charge is 2.35. The highest BCUT2D eigenvalue weighted by molar-refractivity contribution is 7.15. The molecule has 2 rings (SSSR count). The molecule has 0 aliphatic heterocycles. The molecule has 9 heteroatoms. The van der Waals surface area contributed by atoms with Crippen LogP contribution < -0.4 is 5.32 Å². The van der Waals surface area contributed by atoms with E-state index in [1.54, 1.807) is 6.92 Å². The van der Waals surface area contributed by atoms with E-state index in [-0.39, 0.29) is 5.69 Å². The summed E-state index contributed by atoms with van der Waals surface area (Å²) >= 11 is 1.27. The first kappa shape index (κ1) is 15.5. The molecule has 114 valence electrons. The largest absolute Gasteiger partial charge is 0.433 e. The number of nitrogens with zero attached hydrogens (tertiary/aromatic N) is 3. The van der Waals surface area contributed by atoms with Crippen molar-refractivity contribution in [2.24, 2.45) is 0 Å². The first-order chi connectivity index (χ1) is 9.66. The number of aromatic nitrogens is 3. The number of rotatable bonds is 3. The Labute approximate surface area is 122 Å². The van der Waals surface area contributed by atoms with Gasteiger partial charge in [0.25, 0.3) is 0 Å². The van der Waals surface area contributed by atoms with Gasteiger partial charge in [0.1, 0.15) is 12.2 Å². The quantitative estimate of drug-likeness (QED) is 0.946. The van der Waals surface area contributed by atoms with Gasteiger partial charge in [0.05, 0.1) is 11.4 Å². The van der Waals surface area contributed by atoms with Gasteiger partial charge in [0.2, 0.25) is 5.91 Å². The molecule has 0 saturated heterocycles. The Bertz CT molecular complexity index is 655. The molecule has 0 aromatic carbocycles. The van der Waals surface area contributed by atoms with Crippen LogP contribution in [0.25, 0.3) is 0 Å². The molecule has 0 bridgehead atoms. The molecule has 0 unspecified atom stereocenters. The lowest BCUT2D eigenvalue weighted by molar-refractivity contribution is -0.144. The minimum absolute atomic E-state index is 0.205. The van der Waals surface area contributed by atoms with E-state index in [2.05, 4.69) is 15.4 Å². The van der Waals surface area contributed by atoms with Gasteiger partial charge in [-0.05, 0) is 26.8 Å². The van der Waals surface area contributed by atoms with E-state index in [0.717, 1.165) is 16.6 Å². The van der Waals surface area contributed by atoms with E-state index < -0.39 is 24.3 Å². The van der Waals surface area contributed by atoms with Crippen molar-refractivity contribution >= 4 is 22.4 Å². The van der Waals surface area contributed by atoms with Gasteiger partial charge in [-0.15, -0.1) is 11.3 Å². The van der Waals surface area contributed by atoms with E-state index >= 15 is 0 Å². The molecule has 1 amide bonds. The lowest BCUT2D eigenvalue weighted by atomic mass is 10.3. The molecule has 2 heterocycles. The maximum atomic E-state index is 12.8. The number of aryl methyl sites for hydroxylation is 3. The number of nitrogens with one attached hydrogen (secondary N) is 1. The lowest BCUT2D eigenvalue weighted by Gasteiger charge is -2.09. The summed E-state index contributed by atoms with van der Waals surface area (Å²) in [6.45, 7) is 4.57. The molecule has 0 radical (unpaired) electrons. The van der Waals surface area contributed by atoms with E-state index in [1.165, 1.54) is 18.3 Å². The molecule has 2 aromatic heterocycles. The fourth-order valence-corrected chi connectivity index (χ4v) is 2.55. The predicted octanol–water partition coefficient (Wildman–Crippen LogP) is 2.92. The summed E-state index contributed by atoms with van der Waals surface area (Å²) < 4.78 is 39.0. The van der Waals surface area contributed by atoms with Crippen molar-refractivity contribution in [3.8, 4) is 0 Å². The third kappa shape index (κ3) is 3.60. The first-order valence-electron chi connectivity index (χ1n) is 6.02. The van der Waals surface area contributed by atoms with Gasteiger partial charge in [-0.25, -0.2) is 4.98 Å².